The quantitative estimate of drug-likeness (QED) is 0.567. The van der Waals surface area contributed by atoms with Crippen LogP contribution in [0.3, 0.4) is 0 Å². The van der Waals surface area contributed by atoms with Gasteiger partial charge < -0.3 is 19.5 Å². The second-order valence-electron chi connectivity index (χ2n) is 7.27. The molecule has 1 fully saturated rings. The summed E-state index contributed by atoms with van der Waals surface area (Å²) in [7, 11) is 0. The summed E-state index contributed by atoms with van der Waals surface area (Å²) in [5.74, 6) is 2.27. The number of para-hydroxylation sites is 1. The third-order valence-corrected chi connectivity index (χ3v) is 6.09. The molecule has 5 rings (SSSR count). The zero-order valence-corrected chi connectivity index (χ0v) is 17.6. The molecule has 0 spiro atoms. The van der Waals surface area contributed by atoms with Crippen molar-refractivity contribution in [2.24, 2.45) is 0 Å². The molecule has 3 heterocycles. The molecule has 2 aromatic carbocycles. The number of benzene rings is 2. The number of aromatic nitrogens is 3. The van der Waals surface area contributed by atoms with Gasteiger partial charge in [-0.2, -0.15) is 0 Å². The van der Waals surface area contributed by atoms with Crippen molar-refractivity contribution in [1.82, 2.24) is 20.1 Å². The Morgan fingerprint density at radius 3 is 2.84 bits per heavy atom. The highest BCUT2D eigenvalue weighted by atomic mass is 32.2. The molecule has 2 aliphatic heterocycles. The fraction of sp³-hybridized carbons (Fsp3) is 0.318. The Hall–Kier alpha value is -3.04. The summed E-state index contributed by atoms with van der Waals surface area (Å²) < 4.78 is 18.4. The van der Waals surface area contributed by atoms with Gasteiger partial charge in [-0.25, -0.2) is 0 Å². The van der Waals surface area contributed by atoms with Crippen LogP contribution in [0.4, 0.5) is 0 Å². The summed E-state index contributed by atoms with van der Waals surface area (Å²) in [6.45, 7) is 1.54. The van der Waals surface area contributed by atoms with Gasteiger partial charge in [-0.1, -0.05) is 30.0 Å². The van der Waals surface area contributed by atoms with E-state index in [0.717, 1.165) is 30.7 Å². The number of hydrogen-bond acceptors (Lipinski definition) is 7. The van der Waals surface area contributed by atoms with Crippen LogP contribution in [-0.2, 0) is 9.53 Å². The predicted molar refractivity (Wildman–Crippen MR) is 116 cm³/mol. The number of ether oxygens (including phenoxy) is 3. The number of nitrogens with zero attached hydrogens (tertiary/aromatic N) is 3. The lowest BCUT2D eigenvalue weighted by molar-refractivity contribution is -0.119. The fourth-order valence-electron chi connectivity index (χ4n) is 3.61. The number of thioether (sulfide) groups is 1. The van der Waals surface area contributed by atoms with E-state index in [9.17, 15) is 4.79 Å². The fourth-order valence-corrected chi connectivity index (χ4v) is 4.39. The van der Waals surface area contributed by atoms with E-state index in [4.69, 9.17) is 14.2 Å². The van der Waals surface area contributed by atoms with Crippen molar-refractivity contribution in [3.05, 3.63) is 48.5 Å². The van der Waals surface area contributed by atoms with Crippen LogP contribution >= 0.6 is 11.8 Å². The number of carbonyl (C=O) groups excluding carboxylic acids is 1. The molecule has 1 amide bonds. The van der Waals surface area contributed by atoms with Crippen molar-refractivity contribution in [2.45, 2.75) is 24.1 Å². The number of carbonyl (C=O) groups is 1. The van der Waals surface area contributed by atoms with Gasteiger partial charge in [0.25, 0.3) is 0 Å². The molecular weight excluding hydrogens is 416 g/mol. The first-order valence-electron chi connectivity index (χ1n) is 10.2. The van der Waals surface area contributed by atoms with Gasteiger partial charge in [-0.3, -0.25) is 9.36 Å². The maximum absolute atomic E-state index is 12.4. The Balaban J connectivity index is 1.37. The molecule has 1 aromatic heterocycles. The Morgan fingerprint density at radius 2 is 2.00 bits per heavy atom. The average molecular weight is 439 g/mol. The van der Waals surface area contributed by atoms with Crippen molar-refractivity contribution >= 4 is 17.7 Å². The first-order valence-corrected chi connectivity index (χ1v) is 11.2. The molecule has 3 aromatic rings. The van der Waals surface area contributed by atoms with Crippen LogP contribution in [0.5, 0.6) is 11.5 Å². The first kappa shape index (κ1) is 19.9. The third-order valence-electron chi connectivity index (χ3n) is 5.16. The van der Waals surface area contributed by atoms with Crippen molar-refractivity contribution in [3.8, 4) is 28.6 Å². The van der Waals surface area contributed by atoms with Gasteiger partial charge in [0.05, 0.1) is 11.9 Å². The highest BCUT2D eigenvalue weighted by Gasteiger charge is 2.21. The van der Waals surface area contributed by atoms with Crippen LogP contribution in [0.1, 0.15) is 12.8 Å². The Morgan fingerprint density at radius 1 is 1.13 bits per heavy atom. The standard InChI is InChI=1S/C22H22N4O4S/c27-20(23-12-17-7-4-10-28-17)13-31-22-25-24-21(26(22)16-5-2-1-3-6-16)15-8-9-18-19(11-15)30-14-29-18/h1-3,5-6,8-9,11,17H,4,7,10,12-14H2,(H,23,27)/t17-/m1/s1. The van der Waals surface area contributed by atoms with Gasteiger partial charge in [0.1, 0.15) is 0 Å². The van der Waals surface area contributed by atoms with Crippen LogP contribution in [0, 0.1) is 0 Å². The van der Waals surface area contributed by atoms with E-state index in [-0.39, 0.29) is 24.6 Å². The van der Waals surface area contributed by atoms with Gasteiger partial charge in [-0.05, 0) is 43.2 Å². The lowest BCUT2D eigenvalue weighted by Gasteiger charge is -2.12. The lowest BCUT2D eigenvalue weighted by Crippen LogP contribution is -2.32. The summed E-state index contributed by atoms with van der Waals surface area (Å²) in [5.41, 5.74) is 1.78. The van der Waals surface area contributed by atoms with Gasteiger partial charge in [0, 0.05) is 24.4 Å². The maximum atomic E-state index is 12.4. The molecule has 1 N–H and O–H groups in total. The lowest BCUT2D eigenvalue weighted by atomic mass is 10.2. The van der Waals surface area contributed by atoms with Crippen molar-refractivity contribution in [3.63, 3.8) is 0 Å². The monoisotopic (exact) mass is 438 g/mol. The molecule has 0 unspecified atom stereocenters. The number of amides is 1. The summed E-state index contributed by atoms with van der Waals surface area (Å²) in [4.78, 5) is 12.4. The van der Waals surface area contributed by atoms with E-state index >= 15 is 0 Å². The molecular formula is C22H22N4O4S. The van der Waals surface area contributed by atoms with E-state index in [1.165, 1.54) is 11.8 Å². The zero-order chi connectivity index (χ0) is 21.0. The number of rotatable bonds is 7. The largest absolute Gasteiger partial charge is 0.454 e. The summed E-state index contributed by atoms with van der Waals surface area (Å²) in [6.07, 6.45) is 2.17. The van der Waals surface area contributed by atoms with Gasteiger partial charge >= 0.3 is 0 Å². The van der Waals surface area contributed by atoms with Crippen molar-refractivity contribution < 1.29 is 19.0 Å². The SMILES string of the molecule is O=C(CSc1nnc(-c2ccc3c(c2)OCO3)n1-c1ccccc1)NC[C@H]1CCCO1. The van der Waals surface area contributed by atoms with Gasteiger partial charge in [0.2, 0.25) is 12.7 Å². The van der Waals surface area contributed by atoms with Crippen LogP contribution in [0.2, 0.25) is 0 Å². The molecule has 2 aliphatic rings. The predicted octanol–water partition coefficient (Wildman–Crippen LogP) is 3.05. The normalized spacial score (nSPS) is 17.1. The second kappa shape index (κ2) is 8.99. The number of nitrogens with one attached hydrogen (secondary N) is 1. The molecule has 9 heteroatoms. The molecule has 0 bridgehead atoms. The van der Waals surface area contributed by atoms with E-state index < -0.39 is 0 Å². The molecule has 1 saturated heterocycles. The first-order chi connectivity index (χ1) is 15.3. The van der Waals surface area contributed by atoms with Crippen LogP contribution in [0.15, 0.2) is 53.7 Å². The molecule has 1 atom stereocenters. The van der Waals surface area contributed by atoms with E-state index in [0.29, 0.717) is 29.0 Å². The van der Waals surface area contributed by atoms with E-state index in [1.54, 1.807) is 0 Å². The second-order valence-corrected chi connectivity index (χ2v) is 8.22. The topological polar surface area (TPSA) is 87.5 Å². The Labute approximate surface area is 183 Å². The van der Waals surface area contributed by atoms with Crippen molar-refractivity contribution in [2.75, 3.05) is 25.7 Å². The van der Waals surface area contributed by atoms with Crippen LogP contribution < -0.4 is 14.8 Å². The van der Waals surface area contributed by atoms with E-state index in [2.05, 4.69) is 15.5 Å². The molecule has 0 saturated carbocycles. The molecule has 31 heavy (non-hydrogen) atoms. The summed E-state index contributed by atoms with van der Waals surface area (Å²) in [6, 6.07) is 15.5. The minimum atomic E-state index is -0.0484. The minimum absolute atomic E-state index is 0.0484. The summed E-state index contributed by atoms with van der Waals surface area (Å²) >= 11 is 1.35. The maximum Gasteiger partial charge on any atom is 0.231 e. The molecule has 0 radical (unpaired) electrons. The highest BCUT2D eigenvalue weighted by molar-refractivity contribution is 7.99. The third kappa shape index (κ3) is 4.38. The summed E-state index contributed by atoms with van der Waals surface area (Å²) in [5, 5.41) is 12.4. The highest BCUT2D eigenvalue weighted by Crippen LogP contribution is 2.37. The van der Waals surface area contributed by atoms with Crippen LogP contribution in [-0.4, -0.2) is 52.5 Å². The van der Waals surface area contributed by atoms with Gasteiger partial charge in [0.15, 0.2) is 22.5 Å². The molecule has 160 valence electrons. The number of hydrogen-bond donors (Lipinski definition) is 1. The Bertz CT molecular complexity index is 1070. The molecule has 0 aliphatic carbocycles. The Kier molecular flexibility index (Phi) is 5.77. The number of fused-ring (bicyclic) bond motifs is 1. The van der Waals surface area contributed by atoms with Crippen LogP contribution in [0.25, 0.3) is 17.1 Å². The van der Waals surface area contributed by atoms with Gasteiger partial charge in [-0.15, -0.1) is 10.2 Å². The van der Waals surface area contributed by atoms with E-state index in [1.807, 2.05) is 53.1 Å². The molecule has 8 nitrogen and oxygen atoms in total. The van der Waals surface area contributed by atoms with Crippen molar-refractivity contribution in [1.29, 1.82) is 0 Å². The average Bonchev–Trinajstić information content (AvgIpc) is 3.57. The minimum Gasteiger partial charge on any atom is -0.454 e. The smallest absolute Gasteiger partial charge is 0.231 e. The zero-order valence-electron chi connectivity index (χ0n) is 16.8.